The van der Waals surface area contributed by atoms with Crippen molar-refractivity contribution < 1.29 is 24.2 Å². The SMILES string of the molecule is CCC(=O)CCOc1c(OC)ccc2cc(C(=O)O)c(=O)[nH]c12. The van der Waals surface area contributed by atoms with Gasteiger partial charge in [0.1, 0.15) is 11.3 Å². The largest absolute Gasteiger partial charge is 0.493 e. The van der Waals surface area contributed by atoms with E-state index in [9.17, 15) is 14.4 Å². The van der Waals surface area contributed by atoms with Crippen LogP contribution in [0.25, 0.3) is 10.9 Å². The van der Waals surface area contributed by atoms with Crippen molar-refractivity contribution in [1.29, 1.82) is 0 Å². The van der Waals surface area contributed by atoms with E-state index in [-0.39, 0.29) is 30.1 Å². The molecule has 0 atom stereocenters. The summed E-state index contributed by atoms with van der Waals surface area (Å²) in [5, 5.41) is 9.51. The zero-order valence-electron chi connectivity index (χ0n) is 12.8. The molecule has 7 nitrogen and oxygen atoms in total. The van der Waals surface area contributed by atoms with Gasteiger partial charge in [-0.05, 0) is 18.2 Å². The maximum Gasteiger partial charge on any atom is 0.341 e. The molecule has 2 aromatic rings. The first-order valence-electron chi connectivity index (χ1n) is 7.09. The minimum absolute atomic E-state index is 0.0610. The van der Waals surface area contributed by atoms with Crippen molar-refractivity contribution in [3.63, 3.8) is 0 Å². The average molecular weight is 319 g/mol. The van der Waals surface area contributed by atoms with E-state index < -0.39 is 11.5 Å². The van der Waals surface area contributed by atoms with E-state index in [0.717, 1.165) is 0 Å². The molecule has 0 aliphatic heterocycles. The Bertz CT molecular complexity index is 808. The standard InChI is InChI=1S/C16H17NO6/c1-3-10(18)6-7-23-14-12(22-2)5-4-9-8-11(16(20)21)15(19)17-13(9)14/h4-5,8H,3,6-7H2,1-2H3,(H,17,19)(H,20,21). The lowest BCUT2D eigenvalue weighted by Gasteiger charge is -2.13. The van der Waals surface area contributed by atoms with Crippen LogP contribution in [-0.2, 0) is 4.79 Å². The second kappa shape index (κ2) is 6.95. The van der Waals surface area contributed by atoms with E-state index in [2.05, 4.69) is 4.98 Å². The van der Waals surface area contributed by atoms with Crippen molar-refractivity contribution in [2.24, 2.45) is 0 Å². The molecule has 2 rings (SSSR count). The summed E-state index contributed by atoms with van der Waals surface area (Å²) in [5.74, 6) is -0.575. The van der Waals surface area contributed by atoms with Crippen molar-refractivity contribution in [3.8, 4) is 11.5 Å². The number of rotatable bonds is 7. The lowest BCUT2D eigenvalue weighted by atomic mass is 10.1. The first-order chi connectivity index (χ1) is 11.0. The molecule has 0 spiro atoms. The molecule has 0 amide bonds. The summed E-state index contributed by atoms with van der Waals surface area (Å²) in [6.45, 7) is 1.91. The second-order valence-electron chi connectivity index (χ2n) is 4.87. The van der Waals surface area contributed by atoms with Crippen molar-refractivity contribution in [2.75, 3.05) is 13.7 Å². The average Bonchev–Trinajstić information content (AvgIpc) is 2.53. The molecule has 0 unspecified atom stereocenters. The number of nitrogens with one attached hydrogen (secondary N) is 1. The third-order valence-corrected chi connectivity index (χ3v) is 3.41. The van der Waals surface area contributed by atoms with Gasteiger partial charge in [0.25, 0.3) is 5.56 Å². The summed E-state index contributed by atoms with van der Waals surface area (Å²) in [4.78, 5) is 36.8. The van der Waals surface area contributed by atoms with Gasteiger partial charge >= 0.3 is 5.97 Å². The number of pyridine rings is 1. The van der Waals surface area contributed by atoms with Gasteiger partial charge < -0.3 is 19.6 Å². The zero-order chi connectivity index (χ0) is 17.0. The van der Waals surface area contributed by atoms with Gasteiger partial charge in [-0.15, -0.1) is 0 Å². The van der Waals surface area contributed by atoms with Crippen LogP contribution in [0, 0.1) is 0 Å². The monoisotopic (exact) mass is 319 g/mol. The number of carbonyl (C=O) groups is 2. The summed E-state index contributed by atoms with van der Waals surface area (Å²) in [6.07, 6.45) is 0.669. The Morgan fingerprint density at radius 3 is 2.65 bits per heavy atom. The number of ketones is 1. The van der Waals surface area contributed by atoms with Crippen LogP contribution in [-0.4, -0.2) is 35.6 Å². The Kier molecular flexibility index (Phi) is 5.00. The van der Waals surface area contributed by atoms with Gasteiger partial charge in [0.05, 0.1) is 19.2 Å². The highest BCUT2D eigenvalue weighted by Crippen LogP contribution is 2.34. The smallest absolute Gasteiger partial charge is 0.341 e. The summed E-state index contributed by atoms with van der Waals surface area (Å²) in [5.41, 5.74) is -0.745. The summed E-state index contributed by atoms with van der Waals surface area (Å²) in [7, 11) is 1.45. The van der Waals surface area contributed by atoms with Crippen molar-refractivity contribution in [1.82, 2.24) is 4.98 Å². The van der Waals surface area contributed by atoms with Crippen LogP contribution in [0.3, 0.4) is 0 Å². The van der Waals surface area contributed by atoms with E-state index in [0.29, 0.717) is 23.1 Å². The number of benzene rings is 1. The molecule has 0 fully saturated rings. The van der Waals surface area contributed by atoms with Crippen LogP contribution in [0.2, 0.25) is 0 Å². The molecule has 23 heavy (non-hydrogen) atoms. The minimum atomic E-state index is -1.31. The van der Waals surface area contributed by atoms with Gasteiger partial charge in [-0.3, -0.25) is 9.59 Å². The summed E-state index contributed by atoms with van der Waals surface area (Å²) < 4.78 is 10.8. The fourth-order valence-electron chi connectivity index (χ4n) is 2.14. The van der Waals surface area contributed by atoms with E-state index in [1.807, 2.05) is 0 Å². The first-order valence-corrected chi connectivity index (χ1v) is 7.09. The van der Waals surface area contributed by atoms with Crippen LogP contribution in [0.4, 0.5) is 0 Å². The lowest BCUT2D eigenvalue weighted by Crippen LogP contribution is -2.17. The number of aromatic nitrogens is 1. The number of H-pyrrole nitrogens is 1. The lowest BCUT2D eigenvalue weighted by molar-refractivity contribution is -0.119. The topological polar surface area (TPSA) is 106 Å². The van der Waals surface area contributed by atoms with E-state index in [1.165, 1.54) is 13.2 Å². The highest BCUT2D eigenvalue weighted by molar-refractivity contribution is 5.94. The van der Waals surface area contributed by atoms with Crippen LogP contribution in [0.1, 0.15) is 30.1 Å². The van der Waals surface area contributed by atoms with Crippen molar-refractivity contribution >= 4 is 22.7 Å². The third-order valence-electron chi connectivity index (χ3n) is 3.41. The Hall–Kier alpha value is -2.83. The van der Waals surface area contributed by atoms with Crippen LogP contribution < -0.4 is 15.0 Å². The predicted octanol–water partition coefficient (Wildman–Crippen LogP) is 1.98. The van der Waals surface area contributed by atoms with Crippen LogP contribution >= 0.6 is 0 Å². The van der Waals surface area contributed by atoms with Gasteiger partial charge in [-0.25, -0.2) is 4.79 Å². The van der Waals surface area contributed by atoms with Crippen molar-refractivity contribution in [2.45, 2.75) is 19.8 Å². The molecule has 122 valence electrons. The van der Waals surface area contributed by atoms with Gasteiger partial charge in [0.15, 0.2) is 11.5 Å². The zero-order valence-corrected chi connectivity index (χ0v) is 12.8. The molecule has 0 saturated carbocycles. The molecule has 0 saturated heterocycles. The molecule has 0 radical (unpaired) electrons. The number of hydrogen-bond acceptors (Lipinski definition) is 5. The number of Topliss-reactive ketones (excluding diaryl/α,β-unsaturated/α-hetero) is 1. The number of methoxy groups -OCH3 is 1. The molecule has 0 bridgehead atoms. The fourth-order valence-corrected chi connectivity index (χ4v) is 2.14. The summed E-state index contributed by atoms with van der Waals surface area (Å²) >= 11 is 0. The molecule has 1 heterocycles. The number of fused-ring (bicyclic) bond motifs is 1. The third kappa shape index (κ3) is 3.50. The number of aromatic carboxylic acids is 1. The van der Waals surface area contributed by atoms with Gasteiger partial charge in [0, 0.05) is 18.2 Å². The van der Waals surface area contributed by atoms with E-state index >= 15 is 0 Å². The highest BCUT2D eigenvalue weighted by atomic mass is 16.5. The molecule has 7 heteroatoms. The number of carboxylic acid groups (broad SMARTS) is 1. The number of ether oxygens (including phenoxy) is 2. The maximum absolute atomic E-state index is 11.9. The Balaban J connectivity index is 2.47. The molecule has 2 N–H and O–H groups in total. The van der Waals surface area contributed by atoms with Crippen LogP contribution in [0.15, 0.2) is 23.0 Å². The minimum Gasteiger partial charge on any atom is -0.493 e. The Morgan fingerprint density at radius 2 is 2.04 bits per heavy atom. The van der Waals surface area contributed by atoms with Gasteiger partial charge in [-0.1, -0.05) is 6.92 Å². The van der Waals surface area contributed by atoms with E-state index in [1.54, 1.807) is 19.1 Å². The van der Waals surface area contributed by atoms with Gasteiger partial charge in [0.2, 0.25) is 0 Å². The number of carboxylic acids is 1. The molecule has 1 aromatic heterocycles. The quantitative estimate of drug-likeness (QED) is 0.808. The predicted molar refractivity (Wildman–Crippen MR) is 83.5 cm³/mol. The molecular formula is C16H17NO6. The van der Waals surface area contributed by atoms with E-state index in [4.69, 9.17) is 14.6 Å². The molecule has 1 aromatic carbocycles. The molecular weight excluding hydrogens is 302 g/mol. The Labute approximate surface area is 131 Å². The van der Waals surface area contributed by atoms with Gasteiger partial charge in [-0.2, -0.15) is 0 Å². The Morgan fingerprint density at radius 1 is 1.30 bits per heavy atom. The normalized spacial score (nSPS) is 10.5. The van der Waals surface area contributed by atoms with Crippen LogP contribution in [0.5, 0.6) is 11.5 Å². The fraction of sp³-hybridized carbons (Fsp3) is 0.312. The number of carbonyl (C=O) groups excluding carboxylic acids is 1. The second-order valence-corrected chi connectivity index (χ2v) is 4.87. The summed E-state index contributed by atoms with van der Waals surface area (Å²) in [6, 6.07) is 4.52. The molecule has 0 aliphatic carbocycles. The molecule has 0 aliphatic rings. The number of aromatic amines is 1. The van der Waals surface area contributed by atoms with Crippen molar-refractivity contribution in [3.05, 3.63) is 34.1 Å². The number of hydrogen-bond donors (Lipinski definition) is 2. The maximum atomic E-state index is 11.9. The first kappa shape index (κ1) is 16.5. The highest BCUT2D eigenvalue weighted by Gasteiger charge is 2.16.